The molecular formula is C29H28Cl2N7O4+. The minimum atomic E-state index is -1.57. The van der Waals surface area contributed by atoms with Gasteiger partial charge in [-0.05, 0) is 65.9 Å². The van der Waals surface area contributed by atoms with Gasteiger partial charge in [-0.1, -0.05) is 53.5 Å². The molecule has 0 aliphatic carbocycles. The van der Waals surface area contributed by atoms with Crippen molar-refractivity contribution in [1.29, 1.82) is 5.53 Å². The first-order chi connectivity index (χ1) is 20.3. The van der Waals surface area contributed by atoms with Crippen LogP contribution in [0.2, 0.25) is 10.0 Å². The van der Waals surface area contributed by atoms with E-state index in [-0.39, 0.29) is 25.2 Å². The second-order valence-electron chi connectivity index (χ2n) is 9.81. The number of aromatic nitrogens is 2. The molecule has 1 aliphatic rings. The van der Waals surface area contributed by atoms with Crippen molar-refractivity contribution < 1.29 is 19.7 Å². The summed E-state index contributed by atoms with van der Waals surface area (Å²) in [4.78, 5) is 25.0. The number of benzene rings is 3. The summed E-state index contributed by atoms with van der Waals surface area (Å²) in [5, 5.41) is 30.5. The number of halogens is 2. The molecular weight excluding hydrogens is 581 g/mol. The number of nitrogens with zero attached hydrogens (tertiary/aromatic N) is 5. The van der Waals surface area contributed by atoms with Gasteiger partial charge in [-0.25, -0.2) is 4.79 Å². The number of hydrogen-bond acceptors (Lipinski definition) is 8. The Balaban J connectivity index is 1.59. The third-order valence-electron chi connectivity index (χ3n) is 7.22. The zero-order valence-corrected chi connectivity index (χ0v) is 23.9. The number of piperidine rings is 1. The van der Waals surface area contributed by atoms with Crippen molar-refractivity contribution in [3.63, 3.8) is 0 Å². The molecule has 13 heteroatoms. The minimum absolute atomic E-state index is 0.0428. The zero-order chi connectivity index (χ0) is 29.7. The number of hydrogen-bond donors (Lipinski definition) is 4. The van der Waals surface area contributed by atoms with Crippen molar-refractivity contribution in [3.05, 3.63) is 93.5 Å². The Morgan fingerprint density at radius 2 is 1.62 bits per heavy atom. The maximum Gasteiger partial charge on any atom is 0.407 e. The van der Waals surface area contributed by atoms with E-state index in [0.717, 1.165) is 0 Å². The van der Waals surface area contributed by atoms with Crippen LogP contribution in [0.25, 0.3) is 10.9 Å². The van der Waals surface area contributed by atoms with E-state index in [4.69, 9.17) is 33.5 Å². The summed E-state index contributed by atoms with van der Waals surface area (Å²) in [5.41, 5.74) is 7.60. The molecule has 42 heavy (non-hydrogen) atoms. The summed E-state index contributed by atoms with van der Waals surface area (Å²) in [6.45, 7) is 1.11. The normalized spacial score (nSPS) is 13.9. The van der Waals surface area contributed by atoms with Crippen LogP contribution in [0.3, 0.4) is 0 Å². The van der Waals surface area contributed by atoms with Crippen molar-refractivity contribution in [2.75, 3.05) is 31.6 Å². The van der Waals surface area contributed by atoms with E-state index in [1.807, 2.05) is 6.07 Å². The summed E-state index contributed by atoms with van der Waals surface area (Å²) >= 11 is 12.3. The van der Waals surface area contributed by atoms with Crippen molar-refractivity contribution in [3.8, 4) is 6.01 Å². The number of nitrogens with one attached hydrogen (secondary N) is 2. The van der Waals surface area contributed by atoms with Crippen LogP contribution in [0.4, 0.5) is 10.6 Å². The third-order valence-corrected chi connectivity index (χ3v) is 7.72. The topological polar surface area (TPSA) is 158 Å². The number of fused-ring (bicyclic) bond motifs is 1. The standard InChI is InChI=1S/C29H27Cl2N7O4/c30-21-6-1-18(2-7-21)29(41,19-3-8-22(31)9-4-19)20-5-10-25-24(17-20)26(36-27(35-25)42-16-13-33-37-32)34-23-11-14-38(15-12-23)28(39)40/h1-10,17,23,32,41H,11-16H2,(H-,34,35,36,39,40)/p+1. The van der Waals surface area contributed by atoms with E-state index in [9.17, 15) is 15.0 Å². The van der Waals surface area contributed by atoms with Gasteiger partial charge >= 0.3 is 12.1 Å². The Bertz CT molecular complexity index is 1580. The lowest BCUT2D eigenvalue weighted by Gasteiger charge is -2.32. The Morgan fingerprint density at radius 1 is 1.02 bits per heavy atom. The smallest absolute Gasteiger partial charge is 0.407 e. The van der Waals surface area contributed by atoms with Crippen LogP contribution in [-0.4, -0.2) is 63.5 Å². The molecule has 3 aromatic carbocycles. The molecule has 0 atom stereocenters. The van der Waals surface area contributed by atoms with Crippen LogP contribution in [0.1, 0.15) is 29.5 Å². The molecule has 2 heterocycles. The molecule has 216 valence electrons. The van der Waals surface area contributed by atoms with E-state index >= 15 is 0 Å². The average Bonchev–Trinajstić information content (AvgIpc) is 3.00. The van der Waals surface area contributed by atoms with E-state index in [0.29, 0.717) is 69.4 Å². The number of carboxylic acid groups (broad SMARTS) is 1. The van der Waals surface area contributed by atoms with Crippen LogP contribution in [0.15, 0.2) is 71.8 Å². The molecule has 1 amide bonds. The van der Waals surface area contributed by atoms with E-state index in [1.165, 1.54) is 4.90 Å². The van der Waals surface area contributed by atoms with E-state index in [2.05, 4.69) is 25.3 Å². The van der Waals surface area contributed by atoms with Crippen LogP contribution in [0, 0.1) is 5.53 Å². The maximum atomic E-state index is 12.4. The fourth-order valence-corrected chi connectivity index (χ4v) is 5.28. The molecule has 0 unspecified atom stereocenters. The lowest BCUT2D eigenvalue weighted by Crippen LogP contribution is -2.41. The average molecular weight is 609 g/mol. The molecule has 0 spiro atoms. The van der Waals surface area contributed by atoms with Gasteiger partial charge in [0, 0.05) is 34.6 Å². The summed E-state index contributed by atoms with van der Waals surface area (Å²) in [7, 11) is 0. The molecule has 11 nitrogen and oxygen atoms in total. The summed E-state index contributed by atoms with van der Waals surface area (Å²) in [5.74, 6) is 0.488. The van der Waals surface area contributed by atoms with Gasteiger partial charge in [0.2, 0.25) is 4.91 Å². The third kappa shape index (κ3) is 6.29. The van der Waals surface area contributed by atoms with Crippen LogP contribution >= 0.6 is 23.2 Å². The van der Waals surface area contributed by atoms with Gasteiger partial charge in [-0.2, -0.15) is 9.97 Å². The Hall–Kier alpha value is -4.28. The molecule has 0 radical (unpaired) electrons. The predicted molar refractivity (Wildman–Crippen MR) is 158 cm³/mol. The highest BCUT2D eigenvalue weighted by atomic mass is 35.5. The molecule has 4 N–H and O–H groups in total. The van der Waals surface area contributed by atoms with Crippen LogP contribution in [0.5, 0.6) is 6.01 Å². The van der Waals surface area contributed by atoms with Crippen molar-refractivity contribution in [2.45, 2.75) is 24.5 Å². The van der Waals surface area contributed by atoms with Crippen LogP contribution in [-0.2, 0) is 5.60 Å². The lowest BCUT2D eigenvalue weighted by atomic mass is 9.80. The number of amides is 1. The van der Waals surface area contributed by atoms with Gasteiger partial charge in [0.25, 0.3) is 0 Å². The van der Waals surface area contributed by atoms with Gasteiger partial charge < -0.3 is 25.2 Å². The summed E-state index contributed by atoms with van der Waals surface area (Å²) in [6.07, 6.45) is 0.253. The van der Waals surface area contributed by atoms with Gasteiger partial charge in [0.05, 0.1) is 5.52 Å². The first-order valence-corrected chi connectivity index (χ1v) is 14.0. The molecule has 0 bridgehead atoms. The highest BCUT2D eigenvalue weighted by molar-refractivity contribution is 6.30. The number of rotatable bonds is 9. The number of aliphatic hydroxyl groups is 1. The predicted octanol–water partition coefficient (Wildman–Crippen LogP) is 5.70. The molecule has 0 saturated carbocycles. The highest BCUT2D eigenvalue weighted by Gasteiger charge is 2.34. The number of carbonyl (C=O) groups is 1. The van der Waals surface area contributed by atoms with Gasteiger partial charge in [-0.3, -0.25) is 0 Å². The first-order valence-electron chi connectivity index (χ1n) is 13.2. The molecule has 1 aliphatic heterocycles. The first kappa shape index (κ1) is 29.2. The van der Waals surface area contributed by atoms with Gasteiger partial charge in [0.15, 0.2) is 6.54 Å². The quantitative estimate of drug-likeness (QED) is 0.0820. The van der Waals surface area contributed by atoms with Crippen molar-refractivity contribution in [2.24, 2.45) is 5.11 Å². The second kappa shape index (κ2) is 12.7. The number of ether oxygens (including phenoxy) is 1. The number of anilines is 1. The van der Waals surface area contributed by atoms with Crippen molar-refractivity contribution >= 4 is 46.0 Å². The Morgan fingerprint density at radius 3 is 2.19 bits per heavy atom. The Labute approximate surface area is 251 Å². The van der Waals surface area contributed by atoms with Gasteiger partial charge in [-0.15, -0.1) is 0 Å². The Kier molecular flexibility index (Phi) is 8.84. The molecule has 1 aromatic heterocycles. The minimum Gasteiger partial charge on any atom is -0.465 e. The fourth-order valence-electron chi connectivity index (χ4n) is 5.03. The summed E-state index contributed by atoms with van der Waals surface area (Å²) < 4.78 is 5.69. The lowest BCUT2D eigenvalue weighted by molar-refractivity contribution is 0.126. The molecule has 1 fully saturated rings. The molecule has 1 saturated heterocycles. The molecule has 4 aromatic rings. The van der Waals surface area contributed by atoms with Crippen LogP contribution < -0.4 is 15.0 Å². The van der Waals surface area contributed by atoms with E-state index in [1.54, 1.807) is 60.7 Å². The number of likely N-dealkylation sites (tertiary alicyclic amines) is 1. The zero-order valence-electron chi connectivity index (χ0n) is 22.4. The molecule has 5 rings (SSSR count). The van der Waals surface area contributed by atoms with Gasteiger partial charge in [0.1, 0.15) is 28.7 Å². The SMILES string of the molecule is N=[N+]=NCCOc1nc(NC2CCN(C(=O)O)CC2)c2cc(C(O)(c3ccc(Cl)cc3)c3ccc(Cl)cc3)ccc2n1. The highest BCUT2D eigenvalue weighted by Crippen LogP contribution is 2.39. The summed E-state index contributed by atoms with van der Waals surface area (Å²) in [6, 6.07) is 19.5. The maximum absolute atomic E-state index is 12.4. The van der Waals surface area contributed by atoms with E-state index < -0.39 is 11.7 Å². The largest absolute Gasteiger partial charge is 0.465 e. The van der Waals surface area contributed by atoms with Crippen molar-refractivity contribution in [1.82, 2.24) is 19.8 Å². The second-order valence-corrected chi connectivity index (χ2v) is 10.7. The fraction of sp³-hybridized carbons (Fsp3) is 0.276. The monoisotopic (exact) mass is 608 g/mol.